The molecule has 1 unspecified atom stereocenters. The van der Waals surface area contributed by atoms with Crippen molar-refractivity contribution in [3.63, 3.8) is 0 Å². The molecule has 0 N–H and O–H groups in total. The normalized spacial score (nSPS) is 14.1. The van der Waals surface area contributed by atoms with Crippen LogP contribution in [0.2, 0.25) is 0 Å². The van der Waals surface area contributed by atoms with E-state index in [1.807, 2.05) is 145 Å². The minimum atomic E-state index is -3.79. The largest absolute Gasteiger partial charge is 0.467 e. The molecule has 2 rings (SSSR count). The van der Waals surface area contributed by atoms with Gasteiger partial charge in [-0.3, -0.25) is 18.9 Å². The van der Waals surface area contributed by atoms with Gasteiger partial charge in [0.2, 0.25) is 0 Å². The Labute approximate surface area is 339 Å². The van der Waals surface area contributed by atoms with Crippen LogP contribution in [0, 0.1) is 0 Å². The lowest BCUT2D eigenvalue weighted by Gasteiger charge is -2.40. The smallest absolute Gasteiger partial charge is 0.345 e. The van der Waals surface area contributed by atoms with E-state index in [9.17, 15) is 9.13 Å². The number of rotatable bonds is 24. The van der Waals surface area contributed by atoms with Crippen molar-refractivity contribution < 1.29 is 46.2 Å². The molecular formula is C42H74N2O10P2. The maximum absolute atomic E-state index is 15.0. The molecule has 0 aliphatic carbocycles. The van der Waals surface area contributed by atoms with Gasteiger partial charge in [-0.1, -0.05) is 43.3 Å². The zero-order valence-electron chi connectivity index (χ0n) is 37.1. The number of ether oxygens (including phenoxy) is 4. The number of hydrogen-bond acceptors (Lipinski definition) is 12. The van der Waals surface area contributed by atoms with E-state index in [1.165, 1.54) is 0 Å². The molecule has 0 aromatic heterocycles. The van der Waals surface area contributed by atoms with Gasteiger partial charge in [-0.15, -0.1) is 0 Å². The molecule has 1 atom stereocenters. The van der Waals surface area contributed by atoms with E-state index < -0.39 is 37.6 Å². The molecule has 0 saturated carbocycles. The van der Waals surface area contributed by atoms with Crippen molar-refractivity contribution in [1.29, 1.82) is 0 Å². The number of para-hydroxylation sites is 2. The third kappa shape index (κ3) is 20.2. The summed E-state index contributed by atoms with van der Waals surface area (Å²) in [6.07, 6.45) is 0.599. The van der Waals surface area contributed by atoms with Crippen molar-refractivity contribution in [2.45, 2.75) is 152 Å². The molecule has 56 heavy (non-hydrogen) atoms. The highest BCUT2D eigenvalue weighted by Crippen LogP contribution is 2.57. The van der Waals surface area contributed by atoms with Crippen molar-refractivity contribution >= 4 is 15.2 Å². The van der Waals surface area contributed by atoms with Gasteiger partial charge in [0.25, 0.3) is 0 Å². The van der Waals surface area contributed by atoms with Gasteiger partial charge in [0.15, 0.2) is 13.6 Å². The Bertz CT molecular complexity index is 1510. The van der Waals surface area contributed by atoms with Crippen LogP contribution < -0.4 is 9.47 Å². The van der Waals surface area contributed by atoms with Gasteiger partial charge < -0.3 is 37.0 Å². The number of benzene rings is 2. The highest BCUT2D eigenvalue weighted by molar-refractivity contribution is 7.54. The van der Waals surface area contributed by atoms with E-state index in [0.29, 0.717) is 50.8 Å². The van der Waals surface area contributed by atoms with Gasteiger partial charge in [-0.2, -0.15) is 0 Å². The van der Waals surface area contributed by atoms with Crippen LogP contribution in [-0.4, -0.2) is 84.2 Å². The lowest BCUT2D eigenvalue weighted by molar-refractivity contribution is 0.0197. The monoisotopic (exact) mass is 828 g/mol. The zero-order chi connectivity index (χ0) is 42.4. The minimum Gasteiger partial charge on any atom is -0.467 e. The molecule has 0 spiro atoms. The maximum atomic E-state index is 15.0. The van der Waals surface area contributed by atoms with Gasteiger partial charge in [0.05, 0.1) is 22.4 Å². The van der Waals surface area contributed by atoms with Crippen LogP contribution in [0.15, 0.2) is 48.5 Å². The maximum Gasteiger partial charge on any atom is 0.345 e. The second kappa shape index (κ2) is 22.0. The summed E-state index contributed by atoms with van der Waals surface area (Å²) >= 11 is 0. The predicted octanol–water partition coefficient (Wildman–Crippen LogP) is 11.1. The molecule has 0 aliphatic rings. The summed E-state index contributed by atoms with van der Waals surface area (Å²) in [6.45, 7) is 30.7. The van der Waals surface area contributed by atoms with Crippen LogP contribution in [-0.2, 0) is 49.8 Å². The van der Waals surface area contributed by atoms with Gasteiger partial charge in [-0.25, -0.2) is 0 Å². The highest BCUT2D eigenvalue weighted by atomic mass is 31.2. The Morgan fingerprint density at radius 2 is 0.929 bits per heavy atom. The molecule has 322 valence electrons. The van der Waals surface area contributed by atoms with E-state index in [4.69, 9.17) is 37.0 Å². The molecule has 12 nitrogen and oxygen atoms in total. The fourth-order valence-corrected chi connectivity index (χ4v) is 11.1. The first kappa shape index (κ1) is 50.3. The lowest BCUT2D eigenvalue weighted by Crippen LogP contribution is -2.45. The van der Waals surface area contributed by atoms with Crippen LogP contribution in [0.3, 0.4) is 0 Å². The quantitative estimate of drug-likeness (QED) is 0.0570. The topological polar surface area (TPSA) is 114 Å². The van der Waals surface area contributed by atoms with Crippen LogP contribution in [0.1, 0.15) is 121 Å². The van der Waals surface area contributed by atoms with Crippen molar-refractivity contribution in [3.8, 4) is 11.5 Å². The predicted molar refractivity (Wildman–Crippen MR) is 225 cm³/mol. The first-order chi connectivity index (χ1) is 25.8. The van der Waals surface area contributed by atoms with Gasteiger partial charge in [-0.05, 0) is 115 Å². The average Bonchev–Trinajstić information content (AvgIpc) is 3.01. The van der Waals surface area contributed by atoms with Crippen LogP contribution in [0.5, 0.6) is 11.5 Å². The van der Waals surface area contributed by atoms with E-state index in [0.717, 1.165) is 11.1 Å². The summed E-state index contributed by atoms with van der Waals surface area (Å²) in [7, 11) is -7.57. The summed E-state index contributed by atoms with van der Waals surface area (Å²) in [4.78, 5) is 4.21. The number of nitrogens with zero attached hydrogens (tertiary/aromatic N) is 2. The SMILES string of the molecule is CCOCOc1ccccc1CN(CC(CC)N(Cc1ccccc1OCOCC)CP(=O)(OC(C)(C)C)OC(C)(C)C)CP(=O)(OC(C)(C)C)OC(C)(C)C. The summed E-state index contributed by atoms with van der Waals surface area (Å²) in [5.41, 5.74) is -1.28. The molecule has 14 heteroatoms. The Kier molecular flexibility index (Phi) is 19.7. The molecule has 0 amide bonds. The molecule has 0 radical (unpaired) electrons. The van der Waals surface area contributed by atoms with E-state index in [1.54, 1.807) is 0 Å². The fraction of sp³-hybridized carbons (Fsp3) is 0.714. The van der Waals surface area contributed by atoms with Crippen molar-refractivity contribution in [3.05, 3.63) is 59.7 Å². The molecule has 0 bridgehead atoms. The van der Waals surface area contributed by atoms with Gasteiger partial charge in [0, 0.05) is 50.0 Å². The third-order valence-corrected chi connectivity index (χ3v) is 12.3. The van der Waals surface area contributed by atoms with Crippen molar-refractivity contribution in [2.24, 2.45) is 0 Å². The summed E-state index contributed by atoms with van der Waals surface area (Å²) in [5, 5.41) is 0. The zero-order valence-corrected chi connectivity index (χ0v) is 38.9. The Hall–Kier alpha value is -1.82. The summed E-state index contributed by atoms with van der Waals surface area (Å²) < 4.78 is 78.4. The Morgan fingerprint density at radius 1 is 0.554 bits per heavy atom. The van der Waals surface area contributed by atoms with Crippen molar-refractivity contribution in [1.82, 2.24) is 9.80 Å². The fourth-order valence-electron chi connectivity index (χ4n) is 5.94. The highest BCUT2D eigenvalue weighted by Gasteiger charge is 2.41. The molecular weight excluding hydrogens is 754 g/mol. The van der Waals surface area contributed by atoms with E-state index in [-0.39, 0.29) is 32.2 Å². The molecule has 0 fully saturated rings. The first-order valence-electron chi connectivity index (χ1n) is 19.8. The summed E-state index contributed by atoms with van der Waals surface area (Å²) in [6, 6.07) is 15.3. The van der Waals surface area contributed by atoms with Crippen molar-refractivity contribution in [2.75, 3.05) is 45.9 Å². The van der Waals surface area contributed by atoms with Gasteiger partial charge >= 0.3 is 15.2 Å². The third-order valence-electron chi connectivity index (χ3n) is 7.55. The second-order valence-electron chi connectivity index (χ2n) is 17.9. The molecule has 0 heterocycles. The average molecular weight is 829 g/mol. The summed E-state index contributed by atoms with van der Waals surface area (Å²) in [5.74, 6) is 1.31. The van der Waals surface area contributed by atoms with Gasteiger partial charge in [0.1, 0.15) is 24.1 Å². The van der Waals surface area contributed by atoms with Crippen LogP contribution in [0.25, 0.3) is 0 Å². The minimum absolute atomic E-state index is 0.0175. The molecule has 2 aromatic carbocycles. The standard InChI is InChI=1S/C42H74N2O10P2/c1-16-36(44(28-35-24-20-22-26-38(35)50-33-48-18-3)31-56(46,53-41(10,11)12)54-42(13,14)15)29-43(27-34-23-19-21-25-37(34)49-32-47-17-2)30-55(45,51-39(4,5)6)52-40(7,8)9/h19-26,36H,16-18,27-33H2,1-15H3. The molecule has 0 saturated heterocycles. The Morgan fingerprint density at radius 3 is 1.30 bits per heavy atom. The van der Waals surface area contributed by atoms with Crippen LogP contribution >= 0.6 is 15.2 Å². The first-order valence-corrected chi connectivity index (χ1v) is 23.3. The van der Waals surface area contributed by atoms with Crippen LogP contribution in [0.4, 0.5) is 0 Å². The second-order valence-corrected chi connectivity index (χ2v) is 21.6. The molecule has 2 aromatic rings. The lowest BCUT2D eigenvalue weighted by atomic mass is 10.1. The molecule has 0 aliphatic heterocycles. The van der Waals surface area contributed by atoms with E-state index >= 15 is 0 Å². The Balaban J connectivity index is 2.78. The number of hydrogen-bond donors (Lipinski definition) is 0. The van der Waals surface area contributed by atoms with E-state index in [2.05, 4.69) is 16.7 Å².